The number of aliphatic imine (C=N–C) groups is 1. The van der Waals surface area contributed by atoms with Crippen molar-refractivity contribution in [2.24, 2.45) is 10.9 Å². The van der Waals surface area contributed by atoms with E-state index >= 15 is 0 Å². The second-order valence-corrected chi connectivity index (χ2v) is 6.14. The molecule has 1 aromatic heterocycles. The lowest BCUT2D eigenvalue weighted by molar-refractivity contribution is 0.0536. The lowest BCUT2D eigenvalue weighted by Gasteiger charge is -2.21. The predicted molar refractivity (Wildman–Crippen MR) is 100 cm³/mol. The molecular formula is C18H29N5O3. The molecule has 1 amide bonds. The molecule has 2 rings (SSSR count). The van der Waals surface area contributed by atoms with E-state index in [1.807, 2.05) is 0 Å². The quantitative estimate of drug-likeness (QED) is 0.374. The Balaban J connectivity index is 1.64. The Kier molecular flexibility index (Phi) is 8.85. The first-order chi connectivity index (χ1) is 12.7. The fourth-order valence-electron chi connectivity index (χ4n) is 2.84. The van der Waals surface area contributed by atoms with Gasteiger partial charge in [-0.25, -0.2) is 0 Å². The third kappa shape index (κ3) is 6.61. The van der Waals surface area contributed by atoms with Crippen molar-refractivity contribution in [3.63, 3.8) is 0 Å². The number of nitrogens with one attached hydrogen (secondary N) is 2. The molecule has 1 unspecified atom stereocenters. The van der Waals surface area contributed by atoms with Crippen molar-refractivity contribution in [1.29, 1.82) is 0 Å². The van der Waals surface area contributed by atoms with Crippen LogP contribution in [0.25, 0.3) is 0 Å². The summed E-state index contributed by atoms with van der Waals surface area (Å²) < 4.78 is 10.6. The highest BCUT2D eigenvalue weighted by atomic mass is 16.5. The number of likely N-dealkylation sites (tertiary alicyclic amines) is 1. The van der Waals surface area contributed by atoms with Crippen LogP contribution in [0.1, 0.15) is 16.8 Å². The summed E-state index contributed by atoms with van der Waals surface area (Å²) in [5.74, 6) is 1.25. The van der Waals surface area contributed by atoms with E-state index in [0.29, 0.717) is 37.8 Å². The molecule has 0 spiro atoms. The average molecular weight is 363 g/mol. The Labute approximate surface area is 155 Å². The molecule has 2 heterocycles. The number of pyridine rings is 1. The van der Waals surface area contributed by atoms with Crippen molar-refractivity contribution in [3.05, 3.63) is 30.1 Å². The molecule has 1 atom stereocenters. The van der Waals surface area contributed by atoms with Crippen molar-refractivity contribution >= 4 is 11.9 Å². The highest BCUT2D eigenvalue weighted by molar-refractivity contribution is 5.93. The van der Waals surface area contributed by atoms with Crippen LogP contribution in [0, 0.1) is 5.92 Å². The van der Waals surface area contributed by atoms with Gasteiger partial charge in [0.1, 0.15) is 0 Å². The van der Waals surface area contributed by atoms with E-state index in [1.54, 1.807) is 38.7 Å². The van der Waals surface area contributed by atoms with Gasteiger partial charge in [-0.3, -0.25) is 14.8 Å². The molecule has 0 saturated carbocycles. The zero-order valence-electron chi connectivity index (χ0n) is 15.6. The first kappa shape index (κ1) is 20.1. The van der Waals surface area contributed by atoms with E-state index in [4.69, 9.17) is 9.47 Å². The molecule has 1 fully saturated rings. The summed E-state index contributed by atoms with van der Waals surface area (Å²) in [5, 5.41) is 6.17. The zero-order valence-corrected chi connectivity index (χ0v) is 15.6. The van der Waals surface area contributed by atoms with Gasteiger partial charge in [-0.05, 0) is 18.6 Å². The molecule has 1 aromatic rings. The maximum atomic E-state index is 12.0. The highest BCUT2D eigenvalue weighted by Gasteiger charge is 2.24. The SMILES string of the molecule is CN=C(NCCNC(=O)c1cccnc1)N1CCC(COCCOC)C1. The maximum Gasteiger partial charge on any atom is 0.252 e. The Morgan fingerprint density at radius 2 is 2.23 bits per heavy atom. The van der Waals surface area contributed by atoms with E-state index in [1.165, 1.54) is 0 Å². The number of ether oxygens (including phenoxy) is 2. The van der Waals surface area contributed by atoms with E-state index in [-0.39, 0.29) is 5.91 Å². The summed E-state index contributed by atoms with van der Waals surface area (Å²) in [6.45, 7) is 5.03. The number of carbonyl (C=O) groups is 1. The van der Waals surface area contributed by atoms with E-state index in [0.717, 1.165) is 32.1 Å². The summed E-state index contributed by atoms with van der Waals surface area (Å²) in [4.78, 5) is 22.5. The third-order valence-corrected chi connectivity index (χ3v) is 4.20. The molecule has 0 aliphatic carbocycles. The van der Waals surface area contributed by atoms with Crippen LogP contribution >= 0.6 is 0 Å². The van der Waals surface area contributed by atoms with Gasteiger partial charge in [0.2, 0.25) is 0 Å². The van der Waals surface area contributed by atoms with Crippen LogP contribution in [-0.4, -0.2) is 81.9 Å². The second kappa shape index (κ2) is 11.4. The molecule has 0 radical (unpaired) electrons. The number of carbonyl (C=O) groups excluding carboxylic acids is 1. The van der Waals surface area contributed by atoms with Crippen LogP contribution in [0.2, 0.25) is 0 Å². The largest absolute Gasteiger partial charge is 0.382 e. The van der Waals surface area contributed by atoms with Crippen LogP contribution < -0.4 is 10.6 Å². The number of rotatable bonds is 9. The lowest BCUT2D eigenvalue weighted by atomic mass is 10.1. The van der Waals surface area contributed by atoms with Gasteiger partial charge >= 0.3 is 0 Å². The van der Waals surface area contributed by atoms with Crippen LogP contribution in [-0.2, 0) is 9.47 Å². The molecule has 1 saturated heterocycles. The summed E-state index contributed by atoms with van der Waals surface area (Å²) >= 11 is 0. The van der Waals surface area contributed by atoms with Crippen LogP contribution in [0.15, 0.2) is 29.5 Å². The summed E-state index contributed by atoms with van der Waals surface area (Å²) in [5.41, 5.74) is 0.563. The molecular weight excluding hydrogens is 334 g/mol. The molecule has 0 aromatic carbocycles. The minimum Gasteiger partial charge on any atom is -0.382 e. The minimum absolute atomic E-state index is 0.121. The molecule has 144 valence electrons. The second-order valence-electron chi connectivity index (χ2n) is 6.14. The molecule has 1 aliphatic heterocycles. The average Bonchev–Trinajstić information content (AvgIpc) is 3.14. The first-order valence-corrected chi connectivity index (χ1v) is 8.95. The smallest absolute Gasteiger partial charge is 0.252 e. The molecule has 8 nitrogen and oxygen atoms in total. The monoisotopic (exact) mass is 363 g/mol. The summed E-state index contributed by atoms with van der Waals surface area (Å²) in [6.07, 6.45) is 4.29. The predicted octanol–water partition coefficient (Wildman–Crippen LogP) is 0.372. The number of nitrogens with zero attached hydrogens (tertiary/aromatic N) is 3. The molecule has 26 heavy (non-hydrogen) atoms. The summed E-state index contributed by atoms with van der Waals surface area (Å²) in [6, 6.07) is 3.49. The maximum absolute atomic E-state index is 12.0. The van der Waals surface area contributed by atoms with Gasteiger partial charge in [0.05, 0.1) is 25.4 Å². The minimum atomic E-state index is -0.121. The van der Waals surface area contributed by atoms with Crippen LogP contribution in [0.4, 0.5) is 0 Å². The Hall–Kier alpha value is -2.19. The van der Waals surface area contributed by atoms with Crippen molar-refractivity contribution in [1.82, 2.24) is 20.5 Å². The Morgan fingerprint density at radius 3 is 2.96 bits per heavy atom. The van der Waals surface area contributed by atoms with Crippen LogP contribution in [0.5, 0.6) is 0 Å². The van der Waals surface area contributed by atoms with Crippen molar-refractivity contribution in [3.8, 4) is 0 Å². The topological polar surface area (TPSA) is 88.1 Å². The normalized spacial score (nSPS) is 17.4. The van der Waals surface area contributed by atoms with Crippen molar-refractivity contribution < 1.29 is 14.3 Å². The van der Waals surface area contributed by atoms with Crippen molar-refractivity contribution in [2.75, 3.05) is 60.2 Å². The fourth-order valence-corrected chi connectivity index (χ4v) is 2.84. The Morgan fingerprint density at radius 1 is 1.38 bits per heavy atom. The van der Waals surface area contributed by atoms with Gasteiger partial charge in [-0.15, -0.1) is 0 Å². The zero-order chi connectivity index (χ0) is 18.6. The molecule has 0 bridgehead atoms. The lowest BCUT2D eigenvalue weighted by Crippen LogP contribution is -2.43. The number of aromatic nitrogens is 1. The van der Waals surface area contributed by atoms with Gasteiger partial charge in [0, 0.05) is 58.6 Å². The fraction of sp³-hybridized carbons (Fsp3) is 0.611. The van der Waals surface area contributed by atoms with E-state index in [9.17, 15) is 4.79 Å². The highest BCUT2D eigenvalue weighted by Crippen LogP contribution is 2.16. The van der Waals surface area contributed by atoms with Crippen molar-refractivity contribution in [2.45, 2.75) is 6.42 Å². The van der Waals surface area contributed by atoms with Gasteiger partial charge < -0.3 is 25.0 Å². The molecule has 2 N–H and O–H groups in total. The number of amides is 1. The first-order valence-electron chi connectivity index (χ1n) is 8.95. The molecule has 1 aliphatic rings. The standard InChI is InChI=1S/C18H29N5O3/c1-19-18(23-9-5-15(13-23)14-26-11-10-25-2)22-8-7-21-17(24)16-4-3-6-20-12-16/h3-4,6,12,15H,5,7-11,13-14H2,1-2H3,(H,19,22)(H,21,24). The van der Waals surface area contributed by atoms with Gasteiger partial charge in [-0.1, -0.05) is 0 Å². The van der Waals surface area contributed by atoms with E-state index < -0.39 is 0 Å². The number of guanidine groups is 1. The third-order valence-electron chi connectivity index (χ3n) is 4.20. The van der Waals surface area contributed by atoms with E-state index in [2.05, 4.69) is 25.5 Å². The molecule has 8 heteroatoms. The Bertz CT molecular complexity index is 567. The number of hydrogen-bond acceptors (Lipinski definition) is 5. The van der Waals surface area contributed by atoms with Gasteiger partial charge in [-0.2, -0.15) is 0 Å². The van der Waals surface area contributed by atoms with Crippen LogP contribution in [0.3, 0.4) is 0 Å². The summed E-state index contributed by atoms with van der Waals surface area (Å²) in [7, 11) is 3.45. The van der Waals surface area contributed by atoms with Gasteiger partial charge in [0.25, 0.3) is 5.91 Å². The number of hydrogen-bond donors (Lipinski definition) is 2. The number of methoxy groups -OCH3 is 1. The van der Waals surface area contributed by atoms with Gasteiger partial charge in [0.15, 0.2) is 5.96 Å².